The molecule has 8 heteroatoms. The highest BCUT2D eigenvalue weighted by atomic mass is 32.2. The fourth-order valence-electron chi connectivity index (χ4n) is 3.96. The molecule has 2 fully saturated rings. The second-order valence-corrected chi connectivity index (χ2v) is 9.68. The van der Waals surface area contributed by atoms with Crippen LogP contribution in [0, 0.1) is 5.41 Å². The molecule has 0 spiro atoms. The van der Waals surface area contributed by atoms with Crippen LogP contribution in [0.2, 0.25) is 0 Å². The molecule has 158 valence electrons. The Bertz CT molecular complexity index is 874. The summed E-state index contributed by atoms with van der Waals surface area (Å²) in [6.07, 6.45) is 6.20. The Morgan fingerprint density at radius 3 is 2.45 bits per heavy atom. The Hall–Kier alpha value is -2.35. The number of amides is 1. The van der Waals surface area contributed by atoms with Crippen molar-refractivity contribution in [3.8, 4) is 0 Å². The molecule has 1 heterocycles. The van der Waals surface area contributed by atoms with Crippen molar-refractivity contribution >= 4 is 21.9 Å². The zero-order chi connectivity index (χ0) is 21.0. The summed E-state index contributed by atoms with van der Waals surface area (Å²) < 4.78 is 27.3. The number of nitrogens with one attached hydrogen (secondary N) is 2. The van der Waals surface area contributed by atoms with Crippen LogP contribution >= 0.6 is 0 Å². The van der Waals surface area contributed by atoms with Gasteiger partial charge in [0.15, 0.2) is 0 Å². The number of carbonyl (C=O) groups excluding carboxylic acids is 1. The van der Waals surface area contributed by atoms with E-state index in [4.69, 9.17) is 5.41 Å². The number of sulfonamides is 1. The third-order valence-electron chi connectivity index (χ3n) is 5.67. The normalized spacial score (nSPS) is 18.2. The van der Waals surface area contributed by atoms with Crippen molar-refractivity contribution in [2.75, 3.05) is 19.6 Å². The molecular formula is C21H30N4O3S. The van der Waals surface area contributed by atoms with Gasteiger partial charge in [-0.3, -0.25) is 10.2 Å². The highest BCUT2D eigenvalue weighted by Gasteiger charge is 2.38. The first-order chi connectivity index (χ1) is 13.8. The largest absolute Gasteiger partial charge is 0.352 e. The minimum absolute atomic E-state index is 0.100. The van der Waals surface area contributed by atoms with Crippen LogP contribution in [-0.4, -0.2) is 55.2 Å². The molecule has 0 aromatic heterocycles. The van der Waals surface area contributed by atoms with Gasteiger partial charge < -0.3 is 10.2 Å². The number of benzene rings is 1. The molecule has 7 nitrogen and oxygen atoms in total. The molecule has 1 aromatic carbocycles. The van der Waals surface area contributed by atoms with E-state index in [2.05, 4.69) is 11.9 Å². The molecule has 1 amide bonds. The van der Waals surface area contributed by atoms with Crippen molar-refractivity contribution < 1.29 is 13.2 Å². The van der Waals surface area contributed by atoms with E-state index in [0.717, 1.165) is 31.2 Å². The van der Waals surface area contributed by atoms with Crippen LogP contribution in [0.15, 0.2) is 41.3 Å². The smallest absolute Gasteiger partial charge is 0.266 e. The SMILES string of the molecule is C=C(C)C(=O)NCCc1ccc(S(=O)(=O)N2CCN(C3CCCCC3)C2=N)cc1. The first-order valence-corrected chi connectivity index (χ1v) is 11.7. The zero-order valence-electron chi connectivity index (χ0n) is 17.0. The van der Waals surface area contributed by atoms with Gasteiger partial charge in [0.1, 0.15) is 0 Å². The van der Waals surface area contributed by atoms with E-state index in [0.29, 0.717) is 31.6 Å². The highest BCUT2D eigenvalue weighted by molar-refractivity contribution is 7.89. The molecule has 0 radical (unpaired) electrons. The summed E-state index contributed by atoms with van der Waals surface area (Å²) in [4.78, 5) is 13.7. The van der Waals surface area contributed by atoms with Gasteiger partial charge in [-0.15, -0.1) is 0 Å². The minimum atomic E-state index is -3.74. The highest BCUT2D eigenvalue weighted by Crippen LogP contribution is 2.28. The van der Waals surface area contributed by atoms with Crippen molar-refractivity contribution in [2.24, 2.45) is 0 Å². The van der Waals surface area contributed by atoms with Crippen molar-refractivity contribution in [1.82, 2.24) is 14.5 Å². The Morgan fingerprint density at radius 1 is 1.17 bits per heavy atom. The molecule has 1 aliphatic carbocycles. The molecule has 0 atom stereocenters. The van der Waals surface area contributed by atoms with Gasteiger partial charge in [-0.2, -0.15) is 0 Å². The van der Waals surface area contributed by atoms with Crippen LogP contribution in [0.1, 0.15) is 44.6 Å². The molecule has 2 aliphatic rings. The van der Waals surface area contributed by atoms with Crippen molar-refractivity contribution in [2.45, 2.75) is 56.4 Å². The quantitative estimate of drug-likeness (QED) is 0.665. The molecule has 0 bridgehead atoms. The zero-order valence-corrected chi connectivity index (χ0v) is 17.8. The predicted octanol–water partition coefficient (Wildman–Crippen LogP) is 2.50. The summed E-state index contributed by atoms with van der Waals surface area (Å²) in [5.74, 6) is -0.0808. The maximum absolute atomic E-state index is 13.1. The number of carbonyl (C=O) groups is 1. The molecule has 1 aromatic rings. The molecule has 2 N–H and O–H groups in total. The lowest BCUT2D eigenvalue weighted by atomic mass is 9.94. The summed E-state index contributed by atoms with van der Waals surface area (Å²) >= 11 is 0. The van der Waals surface area contributed by atoms with Gasteiger partial charge in [0, 0.05) is 24.7 Å². The summed E-state index contributed by atoms with van der Waals surface area (Å²) in [7, 11) is -3.74. The van der Waals surface area contributed by atoms with E-state index in [1.54, 1.807) is 31.2 Å². The maximum Gasteiger partial charge on any atom is 0.266 e. The van der Waals surface area contributed by atoms with Gasteiger partial charge in [0.05, 0.1) is 11.4 Å². The average molecular weight is 419 g/mol. The van der Waals surface area contributed by atoms with E-state index in [-0.39, 0.29) is 22.8 Å². The summed E-state index contributed by atoms with van der Waals surface area (Å²) in [6, 6.07) is 6.98. The third kappa shape index (κ3) is 4.80. The Labute approximate surface area is 173 Å². The minimum Gasteiger partial charge on any atom is -0.352 e. The van der Waals surface area contributed by atoms with Gasteiger partial charge in [-0.05, 0) is 43.9 Å². The lowest BCUT2D eigenvalue weighted by Crippen LogP contribution is -2.42. The third-order valence-corrected chi connectivity index (χ3v) is 7.47. The van der Waals surface area contributed by atoms with Gasteiger partial charge in [0.2, 0.25) is 11.9 Å². The Balaban J connectivity index is 1.62. The van der Waals surface area contributed by atoms with Crippen LogP contribution < -0.4 is 5.32 Å². The van der Waals surface area contributed by atoms with Crippen LogP contribution in [0.4, 0.5) is 0 Å². The average Bonchev–Trinajstić information content (AvgIpc) is 3.11. The summed E-state index contributed by atoms with van der Waals surface area (Å²) in [5.41, 5.74) is 1.40. The number of nitrogens with zero attached hydrogens (tertiary/aromatic N) is 2. The lowest BCUT2D eigenvalue weighted by molar-refractivity contribution is -0.117. The van der Waals surface area contributed by atoms with Crippen molar-refractivity contribution in [3.05, 3.63) is 42.0 Å². The molecule has 3 rings (SSSR count). The van der Waals surface area contributed by atoms with Gasteiger partial charge in [-0.25, -0.2) is 12.7 Å². The summed E-state index contributed by atoms with van der Waals surface area (Å²) in [6.45, 7) is 6.62. The van der Waals surface area contributed by atoms with E-state index in [1.807, 2.05) is 4.90 Å². The fraction of sp³-hybridized carbons (Fsp3) is 0.524. The van der Waals surface area contributed by atoms with E-state index in [1.165, 1.54) is 10.7 Å². The lowest BCUT2D eigenvalue weighted by Gasteiger charge is -2.32. The number of rotatable bonds is 7. The first kappa shape index (κ1) is 21.4. The molecular weight excluding hydrogens is 388 g/mol. The second kappa shape index (κ2) is 8.98. The van der Waals surface area contributed by atoms with E-state index in [9.17, 15) is 13.2 Å². The molecule has 29 heavy (non-hydrogen) atoms. The van der Waals surface area contributed by atoms with Crippen molar-refractivity contribution in [1.29, 1.82) is 5.41 Å². The van der Waals surface area contributed by atoms with Gasteiger partial charge in [-0.1, -0.05) is 38.0 Å². The van der Waals surface area contributed by atoms with Crippen LogP contribution in [-0.2, 0) is 21.2 Å². The number of hydrogen-bond donors (Lipinski definition) is 2. The molecule has 0 unspecified atom stereocenters. The van der Waals surface area contributed by atoms with E-state index >= 15 is 0 Å². The first-order valence-electron chi connectivity index (χ1n) is 10.2. The molecule has 1 aliphatic heterocycles. The topological polar surface area (TPSA) is 93.6 Å². The Morgan fingerprint density at radius 2 is 1.83 bits per heavy atom. The monoisotopic (exact) mass is 418 g/mol. The van der Waals surface area contributed by atoms with Crippen LogP contribution in [0.25, 0.3) is 0 Å². The summed E-state index contributed by atoms with van der Waals surface area (Å²) in [5, 5.41) is 11.2. The van der Waals surface area contributed by atoms with Gasteiger partial charge in [0.25, 0.3) is 10.0 Å². The number of hydrogen-bond acceptors (Lipinski definition) is 4. The molecule has 1 saturated carbocycles. The standard InChI is InChI=1S/C21H30N4O3S/c1-16(2)20(26)23-13-12-17-8-10-19(11-9-17)29(27,28)25-15-14-24(21(25)22)18-6-4-3-5-7-18/h8-11,18,22H,1,3-7,12-15H2,2H3,(H,23,26). The van der Waals surface area contributed by atoms with Gasteiger partial charge >= 0.3 is 0 Å². The maximum atomic E-state index is 13.1. The Kier molecular flexibility index (Phi) is 6.62. The van der Waals surface area contributed by atoms with Crippen LogP contribution in [0.5, 0.6) is 0 Å². The predicted molar refractivity (Wildman–Crippen MR) is 113 cm³/mol. The molecule has 1 saturated heterocycles. The van der Waals surface area contributed by atoms with E-state index < -0.39 is 10.0 Å². The second-order valence-electron chi connectivity index (χ2n) is 7.82. The number of guanidine groups is 1. The fourth-order valence-corrected chi connectivity index (χ4v) is 5.35. The van der Waals surface area contributed by atoms with Crippen LogP contribution in [0.3, 0.4) is 0 Å². The van der Waals surface area contributed by atoms with Crippen molar-refractivity contribution in [3.63, 3.8) is 0 Å².